The van der Waals surface area contributed by atoms with Crippen molar-refractivity contribution >= 4 is 34.8 Å². The first-order valence-corrected chi connectivity index (χ1v) is 7.01. The van der Waals surface area contributed by atoms with Gasteiger partial charge in [0.05, 0.1) is 16.6 Å². The highest BCUT2D eigenvalue weighted by Crippen LogP contribution is 2.45. The van der Waals surface area contributed by atoms with Crippen LogP contribution in [0.1, 0.15) is 38.7 Å². The summed E-state index contributed by atoms with van der Waals surface area (Å²) < 4.78 is 0. The van der Waals surface area contributed by atoms with Gasteiger partial charge < -0.3 is 5.32 Å². The zero-order valence-electron chi connectivity index (χ0n) is 10.8. The molecule has 0 aromatic heterocycles. The van der Waals surface area contributed by atoms with Crippen LogP contribution in [0.15, 0.2) is 12.1 Å². The lowest BCUT2D eigenvalue weighted by molar-refractivity contribution is -0.118. The summed E-state index contributed by atoms with van der Waals surface area (Å²) in [4.78, 5) is 12.2. The molecule has 1 aliphatic rings. The molecule has 0 saturated carbocycles. The molecule has 0 spiro atoms. The molecule has 2 nitrogen and oxygen atoms in total. The van der Waals surface area contributed by atoms with Gasteiger partial charge in [0, 0.05) is 5.02 Å². The van der Waals surface area contributed by atoms with E-state index < -0.39 is 0 Å². The Morgan fingerprint density at radius 3 is 2.56 bits per heavy atom. The molecule has 1 aromatic rings. The zero-order chi connectivity index (χ0) is 13.4. The molecule has 1 amide bonds. The summed E-state index contributed by atoms with van der Waals surface area (Å²) in [5.74, 6) is 0.645. The topological polar surface area (TPSA) is 29.1 Å². The summed E-state index contributed by atoms with van der Waals surface area (Å²) in [5.41, 5.74) is 1.67. The second kappa shape index (κ2) is 5.10. The van der Waals surface area contributed by atoms with Crippen molar-refractivity contribution in [3.05, 3.63) is 27.7 Å². The molecule has 1 heterocycles. The van der Waals surface area contributed by atoms with Crippen LogP contribution in [0.25, 0.3) is 0 Å². The number of halogens is 2. The highest BCUT2D eigenvalue weighted by atomic mass is 35.5. The fourth-order valence-corrected chi connectivity index (χ4v) is 3.39. The van der Waals surface area contributed by atoms with E-state index in [2.05, 4.69) is 26.1 Å². The van der Waals surface area contributed by atoms with Crippen LogP contribution in [0.2, 0.25) is 10.0 Å². The predicted molar refractivity (Wildman–Crippen MR) is 76.5 cm³/mol. The van der Waals surface area contributed by atoms with Gasteiger partial charge in [0.15, 0.2) is 0 Å². The number of amides is 1. The molecular weight excluding hydrogens is 269 g/mol. The Balaban J connectivity index is 2.50. The van der Waals surface area contributed by atoms with Gasteiger partial charge in [0.25, 0.3) is 0 Å². The molecule has 0 fully saturated rings. The Hall–Kier alpha value is -0.730. The van der Waals surface area contributed by atoms with E-state index in [-0.39, 0.29) is 11.8 Å². The van der Waals surface area contributed by atoms with Gasteiger partial charge in [-0.15, -0.1) is 0 Å². The van der Waals surface area contributed by atoms with Gasteiger partial charge in [-0.1, -0.05) is 50.4 Å². The van der Waals surface area contributed by atoms with Crippen molar-refractivity contribution in [1.82, 2.24) is 0 Å². The van der Waals surface area contributed by atoms with E-state index in [0.717, 1.165) is 17.7 Å². The quantitative estimate of drug-likeness (QED) is 0.856. The monoisotopic (exact) mass is 285 g/mol. The van der Waals surface area contributed by atoms with E-state index >= 15 is 0 Å². The molecule has 2 atom stereocenters. The van der Waals surface area contributed by atoms with E-state index in [1.807, 2.05) is 6.07 Å². The molecular formula is C14H17Cl2NO. The molecule has 18 heavy (non-hydrogen) atoms. The van der Waals surface area contributed by atoms with Crippen molar-refractivity contribution in [2.45, 2.75) is 33.1 Å². The van der Waals surface area contributed by atoms with Gasteiger partial charge in [0.1, 0.15) is 0 Å². The number of benzene rings is 1. The van der Waals surface area contributed by atoms with E-state index in [1.165, 1.54) is 0 Å². The van der Waals surface area contributed by atoms with Crippen molar-refractivity contribution in [3.63, 3.8) is 0 Å². The third-order valence-corrected chi connectivity index (χ3v) is 4.22. The number of carbonyl (C=O) groups excluding carboxylic acids is 1. The summed E-state index contributed by atoms with van der Waals surface area (Å²) in [7, 11) is 0. The van der Waals surface area contributed by atoms with Crippen LogP contribution < -0.4 is 5.32 Å². The highest BCUT2D eigenvalue weighted by Gasteiger charge is 2.38. The summed E-state index contributed by atoms with van der Waals surface area (Å²) in [6, 6.07) is 3.53. The largest absolute Gasteiger partial charge is 0.324 e. The number of rotatable bonds is 3. The Kier molecular flexibility index (Phi) is 3.88. The summed E-state index contributed by atoms with van der Waals surface area (Å²) >= 11 is 12.2. The fourth-order valence-electron chi connectivity index (χ4n) is 2.83. The molecule has 1 N–H and O–H groups in total. The smallest absolute Gasteiger partial charge is 0.232 e. The lowest BCUT2D eigenvalue weighted by Crippen LogP contribution is -2.24. The van der Waals surface area contributed by atoms with Crippen LogP contribution in [0, 0.1) is 11.8 Å². The average Bonchev–Trinajstić information content (AvgIpc) is 2.58. The SMILES string of the molecule is CCC(C(C)C)C1C(=O)Nc2c(Cl)cc(Cl)cc21. The summed E-state index contributed by atoms with van der Waals surface area (Å²) in [6.45, 7) is 6.40. The second-order valence-corrected chi connectivity index (χ2v) is 5.98. The van der Waals surface area contributed by atoms with Crippen molar-refractivity contribution < 1.29 is 4.79 Å². The van der Waals surface area contributed by atoms with E-state index in [4.69, 9.17) is 23.2 Å². The minimum absolute atomic E-state index is 0.0368. The molecule has 4 heteroatoms. The predicted octanol–water partition coefficient (Wildman–Crippen LogP) is 4.71. The first kappa shape index (κ1) is 13.7. The molecule has 1 aromatic carbocycles. The van der Waals surface area contributed by atoms with Crippen molar-refractivity contribution in [3.8, 4) is 0 Å². The third-order valence-electron chi connectivity index (χ3n) is 3.71. The number of hydrogen-bond donors (Lipinski definition) is 1. The Bertz CT molecular complexity index is 485. The fraction of sp³-hybridized carbons (Fsp3) is 0.500. The molecule has 0 aliphatic carbocycles. The molecule has 98 valence electrons. The summed E-state index contributed by atoms with van der Waals surface area (Å²) in [6.07, 6.45) is 0.958. The maximum Gasteiger partial charge on any atom is 0.232 e. The number of fused-ring (bicyclic) bond motifs is 1. The molecule has 0 saturated heterocycles. The molecule has 2 rings (SSSR count). The van der Waals surface area contributed by atoms with Gasteiger partial charge in [-0.05, 0) is 29.5 Å². The van der Waals surface area contributed by atoms with Gasteiger partial charge in [0.2, 0.25) is 5.91 Å². The normalized spacial score (nSPS) is 19.9. The first-order chi connectivity index (χ1) is 8.45. The maximum absolute atomic E-state index is 12.2. The lowest BCUT2D eigenvalue weighted by Gasteiger charge is -2.24. The van der Waals surface area contributed by atoms with E-state index in [1.54, 1.807) is 6.07 Å². The summed E-state index contributed by atoms with van der Waals surface area (Å²) in [5, 5.41) is 3.99. The van der Waals surface area contributed by atoms with Crippen LogP contribution in [0.3, 0.4) is 0 Å². The third kappa shape index (κ3) is 2.24. The van der Waals surface area contributed by atoms with Crippen molar-refractivity contribution in [2.75, 3.05) is 5.32 Å². The number of nitrogens with one attached hydrogen (secondary N) is 1. The van der Waals surface area contributed by atoms with Gasteiger partial charge in [-0.3, -0.25) is 4.79 Å². The van der Waals surface area contributed by atoms with E-state index in [9.17, 15) is 4.79 Å². The average molecular weight is 286 g/mol. The number of anilines is 1. The van der Waals surface area contributed by atoms with Crippen LogP contribution in [-0.2, 0) is 4.79 Å². The maximum atomic E-state index is 12.2. The van der Waals surface area contributed by atoms with E-state index in [0.29, 0.717) is 21.9 Å². The highest BCUT2D eigenvalue weighted by molar-refractivity contribution is 6.37. The molecule has 0 bridgehead atoms. The van der Waals surface area contributed by atoms with Crippen molar-refractivity contribution in [2.24, 2.45) is 11.8 Å². The number of hydrogen-bond acceptors (Lipinski definition) is 1. The van der Waals surface area contributed by atoms with Crippen LogP contribution in [0.5, 0.6) is 0 Å². The lowest BCUT2D eigenvalue weighted by atomic mass is 9.78. The molecule has 0 radical (unpaired) electrons. The molecule has 1 aliphatic heterocycles. The molecule has 2 unspecified atom stereocenters. The minimum Gasteiger partial charge on any atom is -0.324 e. The standard InChI is InChI=1S/C14H17Cl2NO/c1-4-9(7(2)3)12-10-5-8(15)6-11(16)13(10)17-14(12)18/h5-7,9,12H,4H2,1-3H3,(H,17,18). The second-order valence-electron chi connectivity index (χ2n) is 5.13. The number of carbonyl (C=O) groups is 1. The Morgan fingerprint density at radius 1 is 1.33 bits per heavy atom. The van der Waals surface area contributed by atoms with Crippen molar-refractivity contribution in [1.29, 1.82) is 0 Å². The Morgan fingerprint density at radius 2 is 2.00 bits per heavy atom. The minimum atomic E-state index is -0.138. The van der Waals surface area contributed by atoms with Crippen LogP contribution >= 0.6 is 23.2 Å². The van der Waals surface area contributed by atoms with Crippen LogP contribution in [-0.4, -0.2) is 5.91 Å². The van der Waals surface area contributed by atoms with Gasteiger partial charge in [-0.2, -0.15) is 0 Å². The Labute approximate surface area is 118 Å². The first-order valence-electron chi connectivity index (χ1n) is 6.25. The van der Waals surface area contributed by atoms with Crippen LogP contribution in [0.4, 0.5) is 5.69 Å². The zero-order valence-corrected chi connectivity index (χ0v) is 12.3. The van der Waals surface area contributed by atoms with Gasteiger partial charge in [-0.25, -0.2) is 0 Å². The van der Waals surface area contributed by atoms with Gasteiger partial charge >= 0.3 is 0 Å².